The number of sulfonamides is 1. The molecule has 5 N–H and O–H groups in total. The number of pyridine rings is 1. The average molecular weight is 671 g/mol. The number of nitrogens with one attached hydrogen (secondary N) is 3. The number of rotatable bonds is 12. The van der Waals surface area contributed by atoms with Gasteiger partial charge in [-0.25, -0.2) is 13.4 Å². The van der Waals surface area contributed by atoms with Crippen molar-refractivity contribution in [2.75, 3.05) is 19.6 Å². The van der Waals surface area contributed by atoms with E-state index in [1.165, 1.54) is 4.31 Å². The van der Waals surface area contributed by atoms with Gasteiger partial charge in [-0.1, -0.05) is 30.3 Å². The van der Waals surface area contributed by atoms with E-state index in [1.807, 2.05) is 45.0 Å². The summed E-state index contributed by atoms with van der Waals surface area (Å²) in [5, 5.41) is 14.1. The lowest BCUT2D eigenvalue weighted by atomic mass is 10.0. The maximum absolute atomic E-state index is 14.0. The Morgan fingerprint density at radius 2 is 1.69 bits per heavy atom. The van der Waals surface area contributed by atoms with Gasteiger partial charge in [0.2, 0.25) is 15.9 Å². The number of carbonyl (C=O) groups is 2. The van der Waals surface area contributed by atoms with Gasteiger partial charge in [0.25, 0.3) is 5.91 Å². The predicted octanol–water partition coefficient (Wildman–Crippen LogP) is 4.42. The second-order valence-electron chi connectivity index (χ2n) is 12.2. The van der Waals surface area contributed by atoms with Crippen LogP contribution in [0.2, 0.25) is 0 Å². The highest BCUT2D eigenvalue weighted by Crippen LogP contribution is 2.32. The standard InChI is InChI=1S/C36H42N6O5S/c1-22-11-16-32(25(4)29(22)21-47-31-10-5-8-28-23(2)20-24(3)41-33(28)31)48(45,46)42-19-6-9-30(42)36(44)40-18-7-17-39-35(43)27-14-12-26(13-15-27)34(37)38/h5,8,10-16,20,30H,6-7,9,17-19,21H2,1-4H3,(H3,37,38)(H,39,43)(H,40,44)/t30-/m0/s1. The molecule has 0 saturated carbocycles. The number of hydrogen-bond acceptors (Lipinski definition) is 7. The van der Waals surface area contributed by atoms with Gasteiger partial charge in [0, 0.05) is 41.8 Å². The van der Waals surface area contributed by atoms with Gasteiger partial charge in [-0.2, -0.15) is 4.31 Å². The molecule has 48 heavy (non-hydrogen) atoms. The van der Waals surface area contributed by atoms with Gasteiger partial charge in [0.1, 0.15) is 29.8 Å². The average Bonchev–Trinajstić information content (AvgIpc) is 3.56. The van der Waals surface area contributed by atoms with E-state index in [0.717, 1.165) is 33.3 Å². The predicted molar refractivity (Wildman–Crippen MR) is 186 cm³/mol. The Morgan fingerprint density at radius 1 is 0.979 bits per heavy atom. The maximum Gasteiger partial charge on any atom is 0.251 e. The number of ether oxygens (including phenoxy) is 1. The zero-order valence-electron chi connectivity index (χ0n) is 27.7. The van der Waals surface area contributed by atoms with E-state index in [0.29, 0.717) is 48.2 Å². The molecule has 1 aromatic heterocycles. The number of amidine groups is 1. The van der Waals surface area contributed by atoms with Crippen molar-refractivity contribution in [1.82, 2.24) is 19.9 Å². The molecule has 2 heterocycles. The molecule has 1 aliphatic rings. The Kier molecular flexibility index (Phi) is 10.4. The molecule has 1 fully saturated rings. The number of aromatic nitrogens is 1. The first-order valence-electron chi connectivity index (χ1n) is 16.0. The minimum Gasteiger partial charge on any atom is -0.487 e. The quantitative estimate of drug-likeness (QED) is 0.0983. The van der Waals surface area contributed by atoms with Crippen molar-refractivity contribution in [2.45, 2.75) is 64.5 Å². The van der Waals surface area contributed by atoms with Crippen LogP contribution >= 0.6 is 0 Å². The maximum atomic E-state index is 14.0. The van der Waals surface area contributed by atoms with E-state index < -0.39 is 16.1 Å². The van der Waals surface area contributed by atoms with Crippen molar-refractivity contribution in [3.05, 3.63) is 99.7 Å². The lowest BCUT2D eigenvalue weighted by molar-refractivity contribution is -0.124. The first-order valence-corrected chi connectivity index (χ1v) is 17.4. The van der Waals surface area contributed by atoms with E-state index in [2.05, 4.69) is 10.6 Å². The SMILES string of the molecule is Cc1cc(C)c2cccc(OCc3c(C)ccc(S(=O)(=O)N4CCC[C@H]4C(=O)NCCCNC(=O)c4ccc(C(=N)N)cc4)c3C)c2n1. The molecule has 3 aromatic carbocycles. The molecule has 0 spiro atoms. The number of aryl methyl sites for hydroxylation is 3. The molecule has 1 atom stereocenters. The summed E-state index contributed by atoms with van der Waals surface area (Å²) >= 11 is 0. The van der Waals surface area contributed by atoms with Gasteiger partial charge in [-0.3, -0.25) is 15.0 Å². The molecule has 4 aromatic rings. The lowest BCUT2D eigenvalue weighted by Crippen LogP contribution is -2.46. The third kappa shape index (κ3) is 7.34. The van der Waals surface area contributed by atoms with Crippen LogP contribution in [0.1, 0.15) is 63.1 Å². The molecule has 0 aliphatic carbocycles. The highest BCUT2D eigenvalue weighted by molar-refractivity contribution is 7.89. The van der Waals surface area contributed by atoms with Crippen molar-refractivity contribution >= 4 is 38.6 Å². The van der Waals surface area contributed by atoms with E-state index >= 15 is 0 Å². The summed E-state index contributed by atoms with van der Waals surface area (Å²) in [5.74, 6) is -0.0766. The minimum absolute atomic E-state index is 0.0736. The topological polar surface area (TPSA) is 168 Å². The summed E-state index contributed by atoms with van der Waals surface area (Å²) in [6.45, 7) is 8.70. The Hall–Kier alpha value is -4.81. The summed E-state index contributed by atoms with van der Waals surface area (Å²) in [7, 11) is -3.99. The van der Waals surface area contributed by atoms with E-state index in [4.69, 9.17) is 20.9 Å². The second-order valence-corrected chi connectivity index (χ2v) is 14.0. The van der Waals surface area contributed by atoms with Crippen LogP contribution in [0, 0.1) is 33.1 Å². The molecular weight excluding hydrogens is 628 g/mol. The fourth-order valence-corrected chi connectivity index (χ4v) is 8.04. The van der Waals surface area contributed by atoms with Crippen molar-refractivity contribution < 1.29 is 22.7 Å². The summed E-state index contributed by atoms with van der Waals surface area (Å²) < 4.78 is 35.6. The minimum atomic E-state index is -3.99. The number of fused-ring (bicyclic) bond motifs is 1. The van der Waals surface area contributed by atoms with Crippen LogP contribution in [0.25, 0.3) is 10.9 Å². The van der Waals surface area contributed by atoms with Crippen LogP contribution in [-0.2, 0) is 21.4 Å². The number of hydrogen-bond donors (Lipinski definition) is 4. The van der Waals surface area contributed by atoms with Gasteiger partial charge >= 0.3 is 0 Å². The number of para-hydroxylation sites is 1. The lowest BCUT2D eigenvalue weighted by Gasteiger charge is -2.25. The number of nitrogen functional groups attached to an aromatic ring is 1. The Labute approximate surface area is 281 Å². The third-order valence-corrected chi connectivity index (χ3v) is 10.8. The van der Waals surface area contributed by atoms with Gasteiger partial charge in [0.15, 0.2) is 0 Å². The molecule has 0 bridgehead atoms. The fraction of sp³-hybridized carbons (Fsp3) is 0.333. The van der Waals surface area contributed by atoms with Crippen LogP contribution in [0.4, 0.5) is 0 Å². The number of nitrogens with two attached hydrogens (primary N) is 1. The van der Waals surface area contributed by atoms with Crippen molar-refractivity contribution in [3.8, 4) is 5.75 Å². The molecule has 12 heteroatoms. The summed E-state index contributed by atoms with van der Waals surface area (Å²) in [4.78, 5) is 30.5. The smallest absolute Gasteiger partial charge is 0.251 e. The molecule has 11 nitrogen and oxygen atoms in total. The van der Waals surface area contributed by atoms with E-state index in [-0.39, 0.29) is 42.2 Å². The van der Waals surface area contributed by atoms with Crippen molar-refractivity contribution in [2.24, 2.45) is 5.73 Å². The van der Waals surface area contributed by atoms with Crippen molar-refractivity contribution in [1.29, 1.82) is 5.41 Å². The number of nitrogens with zero attached hydrogens (tertiary/aromatic N) is 2. The Bertz CT molecular complexity index is 1980. The van der Waals surface area contributed by atoms with Crippen LogP contribution in [0.15, 0.2) is 65.6 Å². The highest BCUT2D eigenvalue weighted by atomic mass is 32.2. The molecule has 1 aliphatic heterocycles. The zero-order chi connectivity index (χ0) is 34.6. The molecule has 0 unspecified atom stereocenters. The largest absolute Gasteiger partial charge is 0.487 e. The van der Waals surface area contributed by atoms with Gasteiger partial charge in [0.05, 0.1) is 4.90 Å². The van der Waals surface area contributed by atoms with E-state index in [1.54, 1.807) is 43.3 Å². The van der Waals surface area contributed by atoms with Gasteiger partial charge in [-0.05, 0) is 99.5 Å². The van der Waals surface area contributed by atoms with Gasteiger partial charge < -0.3 is 21.1 Å². The Morgan fingerprint density at radius 3 is 2.42 bits per heavy atom. The van der Waals surface area contributed by atoms with Crippen LogP contribution in [-0.4, -0.2) is 61.0 Å². The van der Waals surface area contributed by atoms with Crippen molar-refractivity contribution in [3.63, 3.8) is 0 Å². The Balaban J connectivity index is 1.21. The fourth-order valence-electron chi connectivity index (χ4n) is 6.13. The van der Waals surface area contributed by atoms with Crippen LogP contribution in [0.3, 0.4) is 0 Å². The monoisotopic (exact) mass is 670 g/mol. The normalized spacial score (nSPS) is 15.0. The molecule has 1 saturated heterocycles. The number of carbonyl (C=O) groups excluding carboxylic acids is 2. The zero-order valence-corrected chi connectivity index (χ0v) is 28.5. The number of benzene rings is 3. The molecule has 5 rings (SSSR count). The summed E-state index contributed by atoms with van der Waals surface area (Å²) in [6.07, 6.45) is 1.46. The highest BCUT2D eigenvalue weighted by Gasteiger charge is 2.40. The second kappa shape index (κ2) is 14.5. The first kappa shape index (κ1) is 34.5. The van der Waals surface area contributed by atoms with Crippen LogP contribution < -0.4 is 21.1 Å². The summed E-state index contributed by atoms with van der Waals surface area (Å²) in [5.41, 5.74) is 11.5. The molecule has 2 amide bonds. The number of amides is 2. The van der Waals surface area contributed by atoms with Gasteiger partial charge in [-0.15, -0.1) is 0 Å². The first-order chi connectivity index (χ1) is 22.9. The molecular formula is C36H42N6O5S. The van der Waals surface area contributed by atoms with E-state index in [9.17, 15) is 18.0 Å². The third-order valence-electron chi connectivity index (χ3n) is 8.78. The van der Waals surface area contributed by atoms with Crippen LogP contribution in [0.5, 0.6) is 5.75 Å². The molecule has 0 radical (unpaired) electrons. The molecule has 252 valence electrons. The summed E-state index contributed by atoms with van der Waals surface area (Å²) in [6, 6.07) is 16.8.